The third-order valence-electron chi connectivity index (χ3n) is 2.32. The number of carbonyl (C=O) groups is 1. The third kappa shape index (κ3) is 4.22. The molecule has 2 rings (SSSR count). The van der Waals surface area contributed by atoms with E-state index in [1.807, 2.05) is 6.07 Å². The maximum Gasteiger partial charge on any atom is 0.309 e. The van der Waals surface area contributed by atoms with Crippen LogP contribution in [0.25, 0.3) is 0 Å². The molecule has 0 radical (unpaired) electrons. The Morgan fingerprint density at radius 3 is 3.05 bits per heavy atom. The van der Waals surface area contributed by atoms with Crippen molar-refractivity contribution in [2.24, 2.45) is 0 Å². The Morgan fingerprint density at radius 2 is 2.32 bits per heavy atom. The van der Waals surface area contributed by atoms with Gasteiger partial charge in [0.25, 0.3) is 5.56 Å². The molecule has 7 heteroatoms. The lowest BCUT2D eigenvalue weighted by Crippen LogP contribution is -2.18. The predicted octanol–water partition coefficient (Wildman–Crippen LogP) is 1.72. The lowest BCUT2D eigenvalue weighted by molar-refractivity contribution is -0.136. The van der Waals surface area contributed by atoms with Gasteiger partial charge in [-0.25, -0.2) is 4.98 Å². The summed E-state index contributed by atoms with van der Waals surface area (Å²) >= 11 is 2.96. The number of thiazole rings is 1. The molecule has 0 aliphatic carbocycles. The molecule has 0 aliphatic heterocycles. The first-order chi connectivity index (χ1) is 9.15. The molecular formula is C12H12N2O3S2. The fraction of sp³-hybridized carbons (Fsp3) is 0.250. The van der Waals surface area contributed by atoms with E-state index in [9.17, 15) is 9.59 Å². The van der Waals surface area contributed by atoms with Crippen LogP contribution in [0, 0.1) is 0 Å². The first-order valence-corrected chi connectivity index (χ1v) is 7.46. The highest BCUT2D eigenvalue weighted by Crippen LogP contribution is 2.22. The Kier molecular flexibility index (Phi) is 4.75. The molecule has 0 spiro atoms. The van der Waals surface area contributed by atoms with Gasteiger partial charge in [-0.1, -0.05) is 17.8 Å². The molecule has 2 aromatic rings. The number of thioether (sulfide) groups is 1. The highest BCUT2D eigenvalue weighted by atomic mass is 32.2. The Morgan fingerprint density at radius 1 is 1.47 bits per heavy atom. The van der Waals surface area contributed by atoms with Crippen molar-refractivity contribution < 1.29 is 9.90 Å². The van der Waals surface area contributed by atoms with Crippen molar-refractivity contribution >= 4 is 29.1 Å². The molecular weight excluding hydrogens is 284 g/mol. The average molecular weight is 296 g/mol. The molecule has 0 bridgehead atoms. The molecule has 19 heavy (non-hydrogen) atoms. The van der Waals surface area contributed by atoms with Crippen molar-refractivity contribution in [2.75, 3.05) is 5.75 Å². The summed E-state index contributed by atoms with van der Waals surface area (Å²) in [7, 11) is 0. The van der Waals surface area contributed by atoms with E-state index >= 15 is 0 Å². The number of aliphatic carboxylic acids is 1. The van der Waals surface area contributed by atoms with Crippen LogP contribution in [0.2, 0.25) is 0 Å². The van der Waals surface area contributed by atoms with Gasteiger partial charge in [0.05, 0.1) is 12.1 Å². The average Bonchev–Trinajstić information content (AvgIpc) is 2.78. The first-order valence-electron chi connectivity index (χ1n) is 5.59. The van der Waals surface area contributed by atoms with E-state index in [-0.39, 0.29) is 12.0 Å². The SMILES string of the molecule is O=C(O)Cc1csc(SCCn2ccccc2=O)n1. The highest BCUT2D eigenvalue weighted by Gasteiger charge is 2.06. The van der Waals surface area contributed by atoms with E-state index in [0.717, 1.165) is 10.1 Å². The summed E-state index contributed by atoms with van der Waals surface area (Å²) in [6.45, 7) is 0.609. The van der Waals surface area contributed by atoms with Crippen molar-refractivity contribution in [3.63, 3.8) is 0 Å². The van der Waals surface area contributed by atoms with Gasteiger partial charge in [0.2, 0.25) is 0 Å². The number of rotatable bonds is 6. The van der Waals surface area contributed by atoms with Gasteiger partial charge in [-0.2, -0.15) is 0 Å². The van der Waals surface area contributed by atoms with E-state index in [0.29, 0.717) is 12.2 Å². The van der Waals surface area contributed by atoms with Gasteiger partial charge in [0.1, 0.15) is 4.34 Å². The summed E-state index contributed by atoms with van der Waals surface area (Å²) in [5.41, 5.74) is 0.561. The van der Waals surface area contributed by atoms with Gasteiger partial charge < -0.3 is 9.67 Å². The van der Waals surface area contributed by atoms with Crippen LogP contribution >= 0.6 is 23.1 Å². The molecule has 0 atom stereocenters. The summed E-state index contributed by atoms with van der Waals surface area (Å²) in [5.74, 6) is -0.151. The fourth-order valence-electron chi connectivity index (χ4n) is 1.47. The third-order valence-corrected chi connectivity index (χ3v) is 4.37. The highest BCUT2D eigenvalue weighted by molar-refractivity contribution is 8.00. The number of aryl methyl sites for hydroxylation is 1. The molecule has 0 unspecified atom stereocenters. The summed E-state index contributed by atoms with van der Waals surface area (Å²) in [6, 6.07) is 5.06. The number of carboxylic acid groups (broad SMARTS) is 1. The number of hydrogen-bond acceptors (Lipinski definition) is 5. The van der Waals surface area contributed by atoms with Gasteiger partial charge in [0.15, 0.2) is 0 Å². The van der Waals surface area contributed by atoms with Crippen molar-refractivity contribution in [1.29, 1.82) is 0 Å². The van der Waals surface area contributed by atoms with Crippen LogP contribution in [0.4, 0.5) is 0 Å². The van der Waals surface area contributed by atoms with Crippen LogP contribution in [0.3, 0.4) is 0 Å². The van der Waals surface area contributed by atoms with Crippen LogP contribution in [0.5, 0.6) is 0 Å². The van der Waals surface area contributed by atoms with Gasteiger partial charge in [-0.3, -0.25) is 9.59 Å². The predicted molar refractivity (Wildman–Crippen MR) is 74.9 cm³/mol. The lowest BCUT2D eigenvalue weighted by atomic mass is 10.3. The van der Waals surface area contributed by atoms with Crippen LogP contribution in [0.1, 0.15) is 5.69 Å². The first kappa shape index (κ1) is 13.8. The second-order valence-electron chi connectivity index (χ2n) is 3.76. The zero-order chi connectivity index (χ0) is 13.7. The quantitative estimate of drug-likeness (QED) is 0.822. The summed E-state index contributed by atoms with van der Waals surface area (Å²) in [4.78, 5) is 26.2. The van der Waals surface area contributed by atoms with Crippen molar-refractivity contribution in [1.82, 2.24) is 9.55 Å². The molecule has 0 aliphatic rings. The van der Waals surface area contributed by atoms with Gasteiger partial charge in [-0.05, 0) is 6.07 Å². The molecule has 0 saturated carbocycles. The molecule has 0 aromatic carbocycles. The molecule has 100 valence electrons. The van der Waals surface area contributed by atoms with E-state index in [1.54, 1.807) is 22.2 Å². The standard InChI is InChI=1S/C12H12N2O3S2/c15-10-3-1-2-4-14(10)5-6-18-12-13-9(8-19-12)7-11(16)17/h1-4,8H,5-7H2,(H,16,17). The summed E-state index contributed by atoms with van der Waals surface area (Å²) in [6.07, 6.45) is 1.70. The molecule has 5 nitrogen and oxygen atoms in total. The maximum atomic E-state index is 11.5. The lowest BCUT2D eigenvalue weighted by Gasteiger charge is -2.02. The number of aromatic nitrogens is 2. The Balaban J connectivity index is 1.86. The Bertz CT molecular complexity index is 621. The normalized spacial score (nSPS) is 10.5. The van der Waals surface area contributed by atoms with Gasteiger partial charge in [-0.15, -0.1) is 11.3 Å². The molecule has 1 N–H and O–H groups in total. The number of pyridine rings is 1. The van der Waals surface area contributed by atoms with E-state index < -0.39 is 5.97 Å². The number of carboxylic acids is 1. The Labute approximate surface area is 117 Å². The van der Waals surface area contributed by atoms with Crippen molar-refractivity contribution in [3.8, 4) is 0 Å². The van der Waals surface area contributed by atoms with Crippen LogP contribution < -0.4 is 5.56 Å². The fourth-order valence-corrected chi connectivity index (χ4v) is 3.32. The van der Waals surface area contributed by atoms with Crippen LogP contribution in [-0.4, -0.2) is 26.4 Å². The molecule has 0 fully saturated rings. The molecule has 0 amide bonds. The maximum absolute atomic E-state index is 11.5. The molecule has 2 heterocycles. The second-order valence-corrected chi connectivity index (χ2v) is 5.96. The topological polar surface area (TPSA) is 72.2 Å². The number of nitrogens with zero attached hydrogens (tertiary/aromatic N) is 2. The zero-order valence-corrected chi connectivity index (χ0v) is 11.6. The van der Waals surface area contributed by atoms with Gasteiger partial charge in [0, 0.05) is 29.9 Å². The van der Waals surface area contributed by atoms with E-state index in [2.05, 4.69) is 4.98 Å². The van der Waals surface area contributed by atoms with E-state index in [4.69, 9.17) is 5.11 Å². The largest absolute Gasteiger partial charge is 0.481 e. The molecule has 2 aromatic heterocycles. The minimum atomic E-state index is -0.877. The summed E-state index contributed by atoms with van der Waals surface area (Å²) < 4.78 is 2.47. The van der Waals surface area contributed by atoms with Crippen LogP contribution in [0.15, 0.2) is 38.9 Å². The minimum absolute atomic E-state index is 0.0196. The summed E-state index contributed by atoms with van der Waals surface area (Å²) in [5, 5.41) is 10.4. The zero-order valence-electron chi connectivity index (χ0n) is 9.98. The van der Waals surface area contributed by atoms with Crippen LogP contribution in [-0.2, 0) is 17.8 Å². The molecule has 0 saturated heterocycles. The monoisotopic (exact) mass is 296 g/mol. The smallest absolute Gasteiger partial charge is 0.309 e. The minimum Gasteiger partial charge on any atom is -0.481 e. The van der Waals surface area contributed by atoms with E-state index in [1.165, 1.54) is 29.2 Å². The van der Waals surface area contributed by atoms with Crippen molar-refractivity contribution in [2.45, 2.75) is 17.3 Å². The van der Waals surface area contributed by atoms with Gasteiger partial charge >= 0.3 is 5.97 Å². The van der Waals surface area contributed by atoms with Crippen molar-refractivity contribution in [3.05, 3.63) is 45.8 Å². The second kappa shape index (κ2) is 6.53. The Hall–Kier alpha value is -1.60. The number of hydrogen-bond donors (Lipinski definition) is 1.